The quantitative estimate of drug-likeness (QED) is 0.630. The minimum atomic E-state index is -0.263. The summed E-state index contributed by atoms with van der Waals surface area (Å²) in [6.45, 7) is 3.76. The number of guanidine groups is 1. The maximum Gasteiger partial charge on any atom is 0.191 e. The third-order valence-electron chi connectivity index (χ3n) is 3.12. The van der Waals surface area contributed by atoms with E-state index >= 15 is 0 Å². The lowest BCUT2D eigenvalue weighted by atomic mass is 10.2. The van der Waals surface area contributed by atoms with Gasteiger partial charge in [0.25, 0.3) is 0 Å². The van der Waals surface area contributed by atoms with Gasteiger partial charge in [-0.25, -0.2) is 9.38 Å². The molecule has 1 aromatic carbocycles. The maximum absolute atomic E-state index is 13.3. The molecule has 5 nitrogen and oxygen atoms in total. The number of halogens is 2. The van der Waals surface area contributed by atoms with E-state index in [1.165, 1.54) is 12.1 Å². The Morgan fingerprint density at radius 1 is 1.36 bits per heavy atom. The second-order valence-corrected chi connectivity index (χ2v) is 5.58. The molecule has 2 N–H and O–H groups in total. The summed E-state index contributed by atoms with van der Waals surface area (Å²) in [5.74, 6) is 0.418. The first kappa shape index (κ1) is 16.5. The topological polar surface area (TPSA) is 54.2 Å². The van der Waals surface area contributed by atoms with Crippen LogP contribution in [0, 0.1) is 5.82 Å². The standard InChI is InChI=1S/C15H19BrFN5/c1-3-18-15(20-10-13-6-7-21-22(13)2)19-9-11-8-12(17)4-5-14(11)16/h4-8H,3,9-10H2,1-2H3,(H2,18,19,20). The summed E-state index contributed by atoms with van der Waals surface area (Å²) in [5.41, 5.74) is 1.86. The van der Waals surface area contributed by atoms with Crippen LogP contribution in [0.3, 0.4) is 0 Å². The largest absolute Gasteiger partial charge is 0.357 e. The number of nitrogens with zero attached hydrogens (tertiary/aromatic N) is 3. The van der Waals surface area contributed by atoms with Gasteiger partial charge in [-0.05, 0) is 36.8 Å². The smallest absolute Gasteiger partial charge is 0.191 e. The lowest BCUT2D eigenvalue weighted by Gasteiger charge is -2.11. The molecule has 0 atom stereocenters. The Bertz CT molecular complexity index is 653. The first-order valence-corrected chi connectivity index (χ1v) is 7.82. The Kier molecular flexibility index (Phi) is 5.94. The molecule has 2 rings (SSSR count). The maximum atomic E-state index is 13.3. The molecule has 1 aromatic heterocycles. The Morgan fingerprint density at radius 3 is 2.86 bits per heavy atom. The molecule has 7 heteroatoms. The Hall–Kier alpha value is -1.89. The van der Waals surface area contributed by atoms with Crippen LogP contribution in [0.5, 0.6) is 0 Å². The highest BCUT2D eigenvalue weighted by molar-refractivity contribution is 9.10. The molecular formula is C15H19BrFN5. The van der Waals surface area contributed by atoms with E-state index in [9.17, 15) is 4.39 Å². The van der Waals surface area contributed by atoms with Gasteiger partial charge in [-0.15, -0.1) is 0 Å². The summed E-state index contributed by atoms with van der Waals surface area (Å²) in [6, 6.07) is 6.54. The molecule has 0 spiro atoms. The number of aromatic nitrogens is 2. The molecule has 0 radical (unpaired) electrons. The SMILES string of the molecule is CCNC(=NCc1cc(F)ccc1Br)NCc1ccnn1C. The second kappa shape index (κ2) is 7.93. The van der Waals surface area contributed by atoms with Crippen molar-refractivity contribution >= 4 is 21.9 Å². The molecule has 0 bridgehead atoms. The fourth-order valence-corrected chi connectivity index (χ4v) is 2.29. The average Bonchev–Trinajstić information content (AvgIpc) is 2.90. The fourth-order valence-electron chi connectivity index (χ4n) is 1.92. The summed E-state index contributed by atoms with van der Waals surface area (Å²) in [4.78, 5) is 4.48. The normalized spacial score (nSPS) is 11.5. The van der Waals surface area contributed by atoms with E-state index in [0.29, 0.717) is 19.0 Å². The highest BCUT2D eigenvalue weighted by Gasteiger charge is 2.04. The fraction of sp³-hybridized carbons (Fsp3) is 0.333. The van der Waals surface area contributed by atoms with Crippen LogP contribution in [0.25, 0.3) is 0 Å². The van der Waals surface area contributed by atoms with E-state index in [0.717, 1.165) is 22.3 Å². The van der Waals surface area contributed by atoms with E-state index < -0.39 is 0 Å². The summed E-state index contributed by atoms with van der Waals surface area (Å²) in [7, 11) is 1.89. The molecule has 118 valence electrons. The van der Waals surface area contributed by atoms with Gasteiger partial charge in [0, 0.05) is 24.3 Å². The Balaban J connectivity index is 2.03. The predicted octanol–water partition coefficient (Wildman–Crippen LogP) is 2.58. The van der Waals surface area contributed by atoms with Crippen LogP contribution in [0.4, 0.5) is 4.39 Å². The number of aryl methyl sites for hydroxylation is 1. The van der Waals surface area contributed by atoms with Crippen molar-refractivity contribution in [2.24, 2.45) is 12.0 Å². The summed E-state index contributed by atoms with van der Waals surface area (Å²) in [6.07, 6.45) is 1.75. The van der Waals surface area contributed by atoms with Crippen LogP contribution >= 0.6 is 15.9 Å². The predicted molar refractivity (Wildman–Crippen MR) is 89.0 cm³/mol. The molecule has 22 heavy (non-hydrogen) atoms. The van der Waals surface area contributed by atoms with Gasteiger partial charge >= 0.3 is 0 Å². The minimum Gasteiger partial charge on any atom is -0.357 e. The second-order valence-electron chi connectivity index (χ2n) is 4.73. The molecule has 0 aliphatic heterocycles. The molecule has 0 aliphatic rings. The summed E-state index contributed by atoms with van der Waals surface area (Å²) in [5, 5.41) is 10.5. The molecule has 0 saturated heterocycles. The van der Waals surface area contributed by atoms with Crippen molar-refractivity contribution in [2.75, 3.05) is 6.54 Å². The minimum absolute atomic E-state index is 0.263. The van der Waals surface area contributed by atoms with Gasteiger partial charge in [0.1, 0.15) is 5.82 Å². The van der Waals surface area contributed by atoms with Crippen LogP contribution < -0.4 is 10.6 Å². The first-order chi connectivity index (χ1) is 10.6. The third kappa shape index (κ3) is 4.56. The number of hydrogen-bond acceptors (Lipinski definition) is 2. The molecule has 0 aliphatic carbocycles. The molecule has 0 saturated carbocycles. The van der Waals surface area contributed by atoms with Gasteiger partial charge in [0.2, 0.25) is 0 Å². The summed E-state index contributed by atoms with van der Waals surface area (Å²) >= 11 is 3.41. The van der Waals surface area contributed by atoms with Crippen LogP contribution in [0.2, 0.25) is 0 Å². The number of hydrogen-bond donors (Lipinski definition) is 2. The molecule has 0 amide bonds. The van der Waals surface area contributed by atoms with E-state index in [1.807, 2.05) is 20.0 Å². The van der Waals surface area contributed by atoms with Gasteiger partial charge in [-0.1, -0.05) is 15.9 Å². The first-order valence-electron chi connectivity index (χ1n) is 7.03. The molecule has 0 unspecified atom stereocenters. The number of rotatable bonds is 5. The zero-order valence-electron chi connectivity index (χ0n) is 12.6. The van der Waals surface area contributed by atoms with E-state index in [1.54, 1.807) is 16.9 Å². The van der Waals surface area contributed by atoms with Crippen molar-refractivity contribution in [2.45, 2.75) is 20.0 Å². The lowest BCUT2D eigenvalue weighted by molar-refractivity contribution is 0.625. The van der Waals surface area contributed by atoms with Gasteiger partial charge in [-0.3, -0.25) is 4.68 Å². The van der Waals surface area contributed by atoms with Crippen molar-refractivity contribution in [1.82, 2.24) is 20.4 Å². The van der Waals surface area contributed by atoms with Gasteiger partial charge in [-0.2, -0.15) is 5.10 Å². The highest BCUT2D eigenvalue weighted by Crippen LogP contribution is 2.18. The Morgan fingerprint density at radius 2 is 2.18 bits per heavy atom. The Labute approximate surface area is 137 Å². The van der Waals surface area contributed by atoms with E-state index in [4.69, 9.17) is 0 Å². The number of benzene rings is 1. The van der Waals surface area contributed by atoms with Crippen molar-refractivity contribution in [3.63, 3.8) is 0 Å². The number of aliphatic imine (C=N–C) groups is 1. The van der Waals surface area contributed by atoms with Crippen molar-refractivity contribution in [3.05, 3.63) is 52.0 Å². The van der Waals surface area contributed by atoms with Crippen LogP contribution in [-0.4, -0.2) is 22.3 Å². The van der Waals surface area contributed by atoms with E-state index in [2.05, 4.69) is 36.7 Å². The van der Waals surface area contributed by atoms with Crippen molar-refractivity contribution in [3.8, 4) is 0 Å². The monoisotopic (exact) mass is 367 g/mol. The van der Waals surface area contributed by atoms with Gasteiger partial charge < -0.3 is 10.6 Å². The molecular weight excluding hydrogens is 349 g/mol. The zero-order chi connectivity index (χ0) is 15.9. The molecule has 0 fully saturated rings. The van der Waals surface area contributed by atoms with E-state index in [-0.39, 0.29) is 5.82 Å². The zero-order valence-corrected chi connectivity index (χ0v) is 14.2. The summed E-state index contributed by atoms with van der Waals surface area (Å²) < 4.78 is 15.9. The highest BCUT2D eigenvalue weighted by atomic mass is 79.9. The average molecular weight is 368 g/mol. The molecule has 2 aromatic rings. The van der Waals surface area contributed by atoms with Crippen LogP contribution in [0.1, 0.15) is 18.2 Å². The molecule has 1 heterocycles. The third-order valence-corrected chi connectivity index (χ3v) is 3.89. The van der Waals surface area contributed by atoms with Gasteiger partial charge in [0.15, 0.2) is 5.96 Å². The van der Waals surface area contributed by atoms with Gasteiger partial charge in [0.05, 0.1) is 18.8 Å². The van der Waals surface area contributed by atoms with Crippen LogP contribution in [-0.2, 0) is 20.1 Å². The lowest BCUT2D eigenvalue weighted by Crippen LogP contribution is -2.37. The number of nitrogens with one attached hydrogen (secondary N) is 2. The van der Waals surface area contributed by atoms with Crippen LogP contribution in [0.15, 0.2) is 39.9 Å². The van der Waals surface area contributed by atoms with Crippen molar-refractivity contribution < 1.29 is 4.39 Å². The van der Waals surface area contributed by atoms with Crippen molar-refractivity contribution in [1.29, 1.82) is 0 Å².